The standard InChI is InChI=1S/C13H20ClNS.ClH/c1-13(2,3)16-9-8-15-10-11-4-6-12(14)7-5-11;/h4-7,15H,8-10H2,1-3H3;1H. The summed E-state index contributed by atoms with van der Waals surface area (Å²) in [5.74, 6) is 1.15. The maximum absolute atomic E-state index is 5.82. The average Bonchev–Trinajstić information content (AvgIpc) is 2.19. The Morgan fingerprint density at radius 1 is 1.18 bits per heavy atom. The van der Waals surface area contributed by atoms with Crippen LogP contribution in [0.15, 0.2) is 24.3 Å². The molecule has 0 saturated carbocycles. The van der Waals surface area contributed by atoms with E-state index in [2.05, 4.69) is 38.2 Å². The van der Waals surface area contributed by atoms with Crippen molar-refractivity contribution in [2.45, 2.75) is 32.1 Å². The summed E-state index contributed by atoms with van der Waals surface area (Å²) in [4.78, 5) is 0. The Balaban J connectivity index is 0.00000256. The van der Waals surface area contributed by atoms with E-state index in [1.165, 1.54) is 5.56 Å². The molecule has 1 aromatic rings. The molecule has 0 aliphatic rings. The third-order valence-corrected chi connectivity index (χ3v) is 3.58. The molecule has 0 heterocycles. The molecule has 0 unspecified atom stereocenters. The topological polar surface area (TPSA) is 12.0 Å². The second kappa shape index (κ2) is 8.25. The molecule has 4 heteroatoms. The SMILES string of the molecule is CC(C)(C)SCCNCc1ccc(Cl)cc1.Cl. The monoisotopic (exact) mass is 293 g/mol. The van der Waals surface area contributed by atoms with E-state index in [0.717, 1.165) is 23.9 Å². The summed E-state index contributed by atoms with van der Waals surface area (Å²) in [6.07, 6.45) is 0. The Morgan fingerprint density at radius 2 is 1.76 bits per heavy atom. The number of hydrogen-bond donors (Lipinski definition) is 1. The van der Waals surface area contributed by atoms with Crippen molar-refractivity contribution in [3.8, 4) is 0 Å². The van der Waals surface area contributed by atoms with Gasteiger partial charge in [-0.3, -0.25) is 0 Å². The van der Waals surface area contributed by atoms with Gasteiger partial charge in [0.25, 0.3) is 0 Å². The minimum Gasteiger partial charge on any atom is -0.312 e. The van der Waals surface area contributed by atoms with Crippen LogP contribution in [0.25, 0.3) is 0 Å². The van der Waals surface area contributed by atoms with Crippen LogP contribution >= 0.6 is 35.8 Å². The van der Waals surface area contributed by atoms with Crippen LogP contribution in [-0.4, -0.2) is 17.0 Å². The summed E-state index contributed by atoms with van der Waals surface area (Å²) in [5.41, 5.74) is 1.28. The quantitative estimate of drug-likeness (QED) is 0.809. The Kier molecular flexibility index (Phi) is 8.31. The van der Waals surface area contributed by atoms with Gasteiger partial charge in [-0.1, -0.05) is 44.5 Å². The summed E-state index contributed by atoms with van der Waals surface area (Å²) >= 11 is 7.81. The minimum atomic E-state index is 0. The van der Waals surface area contributed by atoms with Crippen molar-refractivity contribution in [2.75, 3.05) is 12.3 Å². The largest absolute Gasteiger partial charge is 0.312 e. The van der Waals surface area contributed by atoms with Crippen molar-refractivity contribution in [3.05, 3.63) is 34.9 Å². The molecule has 0 bridgehead atoms. The highest BCUT2D eigenvalue weighted by Gasteiger charge is 2.08. The maximum Gasteiger partial charge on any atom is 0.0406 e. The molecule has 17 heavy (non-hydrogen) atoms. The molecule has 0 fully saturated rings. The molecule has 1 nitrogen and oxygen atoms in total. The number of nitrogens with one attached hydrogen (secondary N) is 1. The predicted molar refractivity (Wildman–Crippen MR) is 82.6 cm³/mol. The van der Waals surface area contributed by atoms with Gasteiger partial charge in [0.2, 0.25) is 0 Å². The number of halogens is 2. The first-order chi connectivity index (χ1) is 7.47. The molecule has 0 aliphatic carbocycles. The first kappa shape index (κ1) is 17.1. The van der Waals surface area contributed by atoms with Crippen LogP contribution in [-0.2, 0) is 6.54 Å². The lowest BCUT2D eigenvalue weighted by Gasteiger charge is -2.17. The van der Waals surface area contributed by atoms with Gasteiger partial charge in [0, 0.05) is 28.6 Å². The zero-order valence-corrected chi connectivity index (χ0v) is 13.0. The second-order valence-corrected chi connectivity index (χ2v) is 7.12. The molecule has 0 radical (unpaired) electrons. The summed E-state index contributed by atoms with van der Waals surface area (Å²) in [6.45, 7) is 8.71. The van der Waals surface area contributed by atoms with Crippen molar-refractivity contribution < 1.29 is 0 Å². The highest BCUT2D eigenvalue weighted by Crippen LogP contribution is 2.22. The minimum absolute atomic E-state index is 0. The summed E-state index contributed by atoms with van der Waals surface area (Å²) in [5, 5.41) is 4.23. The number of thioether (sulfide) groups is 1. The van der Waals surface area contributed by atoms with Crippen LogP contribution in [0.5, 0.6) is 0 Å². The Hall–Kier alpha value is 0.110. The zero-order chi connectivity index (χ0) is 12.0. The third-order valence-electron chi connectivity index (χ3n) is 2.06. The normalized spacial score (nSPS) is 11.1. The first-order valence-corrected chi connectivity index (χ1v) is 6.93. The Morgan fingerprint density at radius 3 is 2.29 bits per heavy atom. The molecule has 0 atom stereocenters. The number of hydrogen-bond acceptors (Lipinski definition) is 2. The van der Waals surface area contributed by atoms with Crippen molar-refractivity contribution in [3.63, 3.8) is 0 Å². The first-order valence-electron chi connectivity index (χ1n) is 5.56. The molecule has 0 spiro atoms. The van der Waals surface area contributed by atoms with Crippen LogP contribution in [0, 0.1) is 0 Å². The molecular weight excluding hydrogens is 273 g/mol. The average molecular weight is 294 g/mol. The van der Waals surface area contributed by atoms with Crippen molar-refractivity contribution in [1.82, 2.24) is 5.32 Å². The van der Waals surface area contributed by atoms with E-state index in [0.29, 0.717) is 4.75 Å². The highest BCUT2D eigenvalue weighted by atomic mass is 35.5. The molecule has 98 valence electrons. The fourth-order valence-electron chi connectivity index (χ4n) is 1.26. The Labute approximate surface area is 120 Å². The lowest BCUT2D eigenvalue weighted by Crippen LogP contribution is -2.19. The van der Waals surface area contributed by atoms with Crippen LogP contribution in [0.4, 0.5) is 0 Å². The highest BCUT2D eigenvalue weighted by molar-refractivity contribution is 8.00. The lowest BCUT2D eigenvalue weighted by molar-refractivity contribution is 0.726. The van der Waals surface area contributed by atoms with Gasteiger partial charge in [0.05, 0.1) is 0 Å². The molecule has 1 rings (SSSR count). The summed E-state index contributed by atoms with van der Waals surface area (Å²) in [6, 6.07) is 7.99. The second-order valence-electron chi connectivity index (χ2n) is 4.76. The fourth-order valence-corrected chi connectivity index (χ4v) is 2.25. The van der Waals surface area contributed by atoms with Gasteiger partial charge in [0.15, 0.2) is 0 Å². The van der Waals surface area contributed by atoms with Crippen LogP contribution in [0.1, 0.15) is 26.3 Å². The smallest absolute Gasteiger partial charge is 0.0406 e. The van der Waals surface area contributed by atoms with Gasteiger partial charge in [-0.2, -0.15) is 11.8 Å². The van der Waals surface area contributed by atoms with Gasteiger partial charge >= 0.3 is 0 Å². The van der Waals surface area contributed by atoms with Crippen molar-refractivity contribution >= 4 is 35.8 Å². The molecule has 1 aromatic carbocycles. The maximum atomic E-state index is 5.82. The van der Waals surface area contributed by atoms with Gasteiger partial charge < -0.3 is 5.32 Å². The van der Waals surface area contributed by atoms with Crippen LogP contribution in [0.3, 0.4) is 0 Å². The van der Waals surface area contributed by atoms with Gasteiger partial charge in [-0.15, -0.1) is 12.4 Å². The van der Waals surface area contributed by atoms with Crippen LogP contribution < -0.4 is 5.32 Å². The predicted octanol–water partition coefficient (Wildman–Crippen LogP) is 4.38. The molecular formula is C13H21Cl2NS. The van der Waals surface area contributed by atoms with E-state index in [-0.39, 0.29) is 12.4 Å². The Bertz CT molecular complexity index is 306. The molecule has 0 aliphatic heterocycles. The molecule has 0 amide bonds. The van der Waals surface area contributed by atoms with Gasteiger partial charge in [0.1, 0.15) is 0 Å². The van der Waals surface area contributed by atoms with Gasteiger partial charge in [-0.25, -0.2) is 0 Å². The van der Waals surface area contributed by atoms with E-state index < -0.39 is 0 Å². The van der Waals surface area contributed by atoms with Crippen molar-refractivity contribution in [1.29, 1.82) is 0 Å². The van der Waals surface area contributed by atoms with E-state index in [4.69, 9.17) is 11.6 Å². The zero-order valence-electron chi connectivity index (χ0n) is 10.6. The molecule has 0 saturated heterocycles. The van der Waals surface area contributed by atoms with Gasteiger partial charge in [-0.05, 0) is 17.7 Å². The lowest BCUT2D eigenvalue weighted by atomic mass is 10.2. The van der Waals surface area contributed by atoms with E-state index in [1.54, 1.807) is 0 Å². The van der Waals surface area contributed by atoms with Crippen molar-refractivity contribution in [2.24, 2.45) is 0 Å². The molecule has 0 aromatic heterocycles. The summed E-state index contributed by atoms with van der Waals surface area (Å²) < 4.78 is 0.363. The molecule has 1 N–H and O–H groups in total. The summed E-state index contributed by atoms with van der Waals surface area (Å²) in [7, 11) is 0. The third kappa shape index (κ3) is 8.78. The fraction of sp³-hybridized carbons (Fsp3) is 0.538. The number of benzene rings is 1. The van der Waals surface area contributed by atoms with E-state index in [1.807, 2.05) is 23.9 Å². The van der Waals surface area contributed by atoms with Crippen LogP contribution in [0.2, 0.25) is 5.02 Å². The van der Waals surface area contributed by atoms with E-state index >= 15 is 0 Å². The van der Waals surface area contributed by atoms with E-state index in [9.17, 15) is 0 Å². The number of rotatable bonds is 5.